The molecule has 0 saturated heterocycles. The Morgan fingerprint density at radius 2 is 1.81 bits per heavy atom. The Morgan fingerprint density at radius 3 is 2.52 bits per heavy atom. The summed E-state index contributed by atoms with van der Waals surface area (Å²) in [5, 5.41) is 3.22. The fraction of sp³-hybridized carbons (Fsp3) is 0.353. The molecular weight excluding hydrogens is 262 g/mol. The molecule has 1 unspecified atom stereocenters. The average Bonchev–Trinajstić information content (AvgIpc) is 2.40. The van der Waals surface area contributed by atoms with Gasteiger partial charge >= 0.3 is 0 Å². The van der Waals surface area contributed by atoms with Crippen molar-refractivity contribution < 1.29 is 4.79 Å². The van der Waals surface area contributed by atoms with E-state index in [0.29, 0.717) is 18.3 Å². The fourth-order valence-corrected chi connectivity index (χ4v) is 2.79. The molecule has 1 aromatic carbocycles. The Morgan fingerprint density at radius 1 is 1.10 bits per heavy atom. The van der Waals surface area contributed by atoms with Crippen LogP contribution in [0.5, 0.6) is 0 Å². The second-order valence-electron chi connectivity index (χ2n) is 5.88. The summed E-state index contributed by atoms with van der Waals surface area (Å²) in [4.78, 5) is 21.1. The Balaban J connectivity index is 1.94. The van der Waals surface area contributed by atoms with Crippen LogP contribution in [0.4, 0.5) is 11.6 Å². The van der Waals surface area contributed by atoms with E-state index < -0.39 is 0 Å². The maximum Gasteiger partial charge on any atom is 0.227 e. The first-order valence-electron chi connectivity index (χ1n) is 7.27. The number of nitrogens with one attached hydrogen (secondary N) is 1. The van der Waals surface area contributed by atoms with Gasteiger partial charge in [0.2, 0.25) is 5.95 Å². The monoisotopic (exact) mass is 281 g/mol. The van der Waals surface area contributed by atoms with E-state index in [1.54, 1.807) is 0 Å². The molecule has 0 spiro atoms. The van der Waals surface area contributed by atoms with Crippen molar-refractivity contribution in [1.82, 2.24) is 9.97 Å². The van der Waals surface area contributed by atoms with Gasteiger partial charge in [-0.2, -0.15) is 0 Å². The second kappa shape index (κ2) is 5.28. The molecule has 1 aromatic heterocycles. The number of hydrogen-bond acceptors (Lipinski definition) is 4. The number of rotatable bonds is 2. The summed E-state index contributed by atoms with van der Waals surface area (Å²) in [6, 6.07) is 8.08. The van der Waals surface area contributed by atoms with Crippen LogP contribution in [0.3, 0.4) is 0 Å². The van der Waals surface area contributed by atoms with Crippen molar-refractivity contribution in [1.29, 1.82) is 0 Å². The maximum atomic E-state index is 12.1. The SMILES string of the molecule is Cc1ccc(Nc2nc(C)c3c(n2)CC(C)CC3=O)cc1. The van der Waals surface area contributed by atoms with Crippen molar-refractivity contribution in [2.45, 2.75) is 33.6 Å². The Labute approximate surface area is 124 Å². The number of Topliss-reactive ketones (excluding diaryl/α,β-unsaturated/α-hetero) is 1. The number of fused-ring (bicyclic) bond motifs is 1. The fourth-order valence-electron chi connectivity index (χ4n) is 2.79. The number of aryl methyl sites for hydroxylation is 2. The highest BCUT2D eigenvalue weighted by Gasteiger charge is 2.26. The lowest BCUT2D eigenvalue weighted by Crippen LogP contribution is -2.22. The van der Waals surface area contributed by atoms with Crippen molar-refractivity contribution in [3.8, 4) is 0 Å². The van der Waals surface area contributed by atoms with Crippen LogP contribution < -0.4 is 5.32 Å². The van der Waals surface area contributed by atoms with Crippen LogP contribution >= 0.6 is 0 Å². The van der Waals surface area contributed by atoms with Crippen molar-refractivity contribution in [3.63, 3.8) is 0 Å². The summed E-state index contributed by atoms with van der Waals surface area (Å²) in [7, 11) is 0. The lowest BCUT2D eigenvalue weighted by atomic mass is 9.86. The van der Waals surface area contributed by atoms with Gasteiger partial charge in [-0.1, -0.05) is 24.6 Å². The summed E-state index contributed by atoms with van der Waals surface area (Å²) in [6.07, 6.45) is 1.44. The third kappa shape index (κ3) is 2.79. The van der Waals surface area contributed by atoms with Gasteiger partial charge in [0.05, 0.1) is 17.0 Å². The lowest BCUT2D eigenvalue weighted by Gasteiger charge is -2.21. The topological polar surface area (TPSA) is 54.9 Å². The molecule has 1 aliphatic rings. The van der Waals surface area contributed by atoms with Crippen molar-refractivity contribution in [2.24, 2.45) is 5.92 Å². The summed E-state index contributed by atoms with van der Waals surface area (Å²) in [5.41, 5.74) is 4.53. The first-order chi connectivity index (χ1) is 10.0. The van der Waals surface area contributed by atoms with Gasteiger partial charge < -0.3 is 5.32 Å². The number of anilines is 2. The molecule has 4 nitrogen and oxygen atoms in total. The molecule has 0 radical (unpaired) electrons. The third-order valence-electron chi connectivity index (χ3n) is 3.83. The Kier molecular flexibility index (Phi) is 3.45. The zero-order valence-corrected chi connectivity index (χ0v) is 12.6. The molecule has 0 fully saturated rings. The van der Waals surface area contributed by atoms with Crippen molar-refractivity contribution in [3.05, 3.63) is 46.8 Å². The van der Waals surface area contributed by atoms with Crippen LogP contribution in [0, 0.1) is 19.8 Å². The molecule has 21 heavy (non-hydrogen) atoms. The van der Waals surface area contributed by atoms with Gasteiger partial charge in [-0.25, -0.2) is 9.97 Å². The predicted octanol–water partition coefficient (Wildman–Crippen LogP) is 3.60. The molecular formula is C17H19N3O. The van der Waals surface area contributed by atoms with Crippen LogP contribution in [0.2, 0.25) is 0 Å². The molecule has 1 atom stereocenters. The van der Waals surface area contributed by atoms with Crippen LogP contribution in [0.15, 0.2) is 24.3 Å². The van der Waals surface area contributed by atoms with E-state index in [2.05, 4.69) is 29.1 Å². The minimum absolute atomic E-state index is 0.170. The number of nitrogens with zero attached hydrogens (tertiary/aromatic N) is 2. The summed E-state index contributed by atoms with van der Waals surface area (Å²) in [5.74, 6) is 1.09. The highest BCUT2D eigenvalue weighted by atomic mass is 16.1. The summed E-state index contributed by atoms with van der Waals surface area (Å²) < 4.78 is 0. The molecule has 4 heteroatoms. The van der Waals surface area contributed by atoms with Gasteiger partial charge in [-0.3, -0.25) is 4.79 Å². The Bertz CT molecular complexity index is 692. The van der Waals surface area contributed by atoms with Crippen molar-refractivity contribution in [2.75, 3.05) is 5.32 Å². The second-order valence-corrected chi connectivity index (χ2v) is 5.88. The van der Waals surface area contributed by atoms with Gasteiger partial charge in [0.1, 0.15) is 0 Å². The van der Waals surface area contributed by atoms with Crippen molar-refractivity contribution >= 4 is 17.4 Å². The molecule has 0 bridgehead atoms. The predicted molar refractivity (Wildman–Crippen MR) is 83.0 cm³/mol. The molecule has 1 N–H and O–H groups in total. The van der Waals surface area contributed by atoms with E-state index >= 15 is 0 Å². The molecule has 3 rings (SSSR count). The smallest absolute Gasteiger partial charge is 0.227 e. The lowest BCUT2D eigenvalue weighted by molar-refractivity contribution is 0.0951. The first-order valence-corrected chi connectivity index (χ1v) is 7.27. The molecule has 0 amide bonds. The van der Waals surface area contributed by atoms with Crippen LogP contribution in [0.25, 0.3) is 0 Å². The zero-order chi connectivity index (χ0) is 15.0. The highest BCUT2D eigenvalue weighted by molar-refractivity contribution is 5.99. The van der Waals surface area contributed by atoms with E-state index in [9.17, 15) is 4.79 Å². The minimum atomic E-state index is 0.170. The molecule has 2 aromatic rings. The summed E-state index contributed by atoms with van der Waals surface area (Å²) >= 11 is 0. The normalized spacial score (nSPS) is 17.5. The van der Waals surface area contributed by atoms with Crippen LogP contribution in [-0.2, 0) is 6.42 Å². The number of carbonyl (C=O) groups is 1. The van der Waals surface area contributed by atoms with Gasteiger partial charge in [0.25, 0.3) is 0 Å². The molecule has 108 valence electrons. The number of carbonyl (C=O) groups excluding carboxylic acids is 1. The van der Waals surface area contributed by atoms with Gasteiger partial charge in [-0.15, -0.1) is 0 Å². The number of ketones is 1. The van der Waals surface area contributed by atoms with E-state index in [1.807, 2.05) is 31.2 Å². The standard InChI is InChI=1S/C17H19N3O/c1-10-4-6-13(7-5-10)19-17-18-12(3)16-14(20-17)8-11(2)9-15(16)21/h4-7,11H,8-9H2,1-3H3,(H,18,19,20). The van der Waals surface area contributed by atoms with E-state index in [0.717, 1.165) is 29.1 Å². The van der Waals surface area contributed by atoms with E-state index in [4.69, 9.17) is 0 Å². The Hall–Kier alpha value is -2.23. The van der Waals surface area contributed by atoms with E-state index in [1.165, 1.54) is 5.56 Å². The highest BCUT2D eigenvalue weighted by Crippen LogP contribution is 2.27. The van der Waals surface area contributed by atoms with Gasteiger partial charge in [-0.05, 0) is 38.3 Å². The third-order valence-corrected chi connectivity index (χ3v) is 3.83. The van der Waals surface area contributed by atoms with E-state index in [-0.39, 0.29) is 5.78 Å². The molecule has 1 heterocycles. The molecule has 0 saturated carbocycles. The van der Waals surface area contributed by atoms with Crippen LogP contribution in [0.1, 0.15) is 40.7 Å². The number of aromatic nitrogens is 2. The maximum absolute atomic E-state index is 12.1. The van der Waals surface area contributed by atoms with Gasteiger partial charge in [0.15, 0.2) is 5.78 Å². The van der Waals surface area contributed by atoms with Gasteiger partial charge in [0, 0.05) is 12.1 Å². The number of benzene rings is 1. The molecule has 1 aliphatic carbocycles. The summed E-state index contributed by atoms with van der Waals surface area (Å²) in [6.45, 7) is 6.02. The minimum Gasteiger partial charge on any atom is -0.324 e. The number of hydrogen-bond donors (Lipinski definition) is 1. The average molecular weight is 281 g/mol. The largest absolute Gasteiger partial charge is 0.324 e. The quantitative estimate of drug-likeness (QED) is 0.913. The zero-order valence-electron chi connectivity index (χ0n) is 12.6. The first kappa shape index (κ1) is 13.7. The van der Waals surface area contributed by atoms with Crippen LogP contribution in [-0.4, -0.2) is 15.8 Å². The molecule has 0 aliphatic heterocycles.